The van der Waals surface area contributed by atoms with Crippen LogP contribution >= 0.6 is 0 Å². The maximum atomic E-state index is 12.6. The first-order valence-corrected chi connectivity index (χ1v) is 9.63. The van der Waals surface area contributed by atoms with Crippen molar-refractivity contribution >= 4 is 23.2 Å². The van der Waals surface area contributed by atoms with Crippen LogP contribution in [0.3, 0.4) is 0 Å². The van der Waals surface area contributed by atoms with Crippen molar-refractivity contribution in [1.29, 1.82) is 0 Å². The molecule has 7 nitrogen and oxygen atoms in total. The van der Waals surface area contributed by atoms with E-state index in [1.54, 1.807) is 60.9 Å². The molecule has 0 saturated heterocycles. The monoisotopic (exact) mass is 405 g/mol. The minimum atomic E-state index is -0.304. The number of pyridine rings is 1. The number of carbonyl (C=O) groups excluding carboxylic acids is 2. The summed E-state index contributed by atoms with van der Waals surface area (Å²) in [6, 6.07) is 15.4. The Bertz CT molecular complexity index is 924. The number of nitrogens with one attached hydrogen (secondary N) is 2. The molecular weight excluding hydrogens is 382 g/mol. The lowest BCUT2D eigenvalue weighted by Crippen LogP contribution is -2.15. The Morgan fingerprint density at radius 2 is 1.23 bits per heavy atom. The van der Waals surface area contributed by atoms with Gasteiger partial charge in [-0.05, 0) is 38.1 Å². The van der Waals surface area contributed by atoms with Crippen molar-refractivity contribution in [2.75, 3.05) is 23.8 Å². The molecule has 1 heterocycles. The quantitative estimate of drug-likeness (QED) is 0.580. The van der Waals surface area contributed by atoms with E-state index in [4.69, 9.17) is 9.47 Å². The summed E-state index contributed by atoms with van der Waals surface area (Å²) in [5, 5.41) is 5.70. The van der Waals surface area contributed by atoms with Gasteiger partial charge in [0.05, 0.1) is 24.6 Å². The molecule has 0 radical (unpaired) electrons. The van der Waals surface area contributed by atoms with Crippen LogP contribution in [0.5, 0.6) is 11.5 Å². The molecule has 30 heavy (non-hydrogen) atoms. The van der Waals surface area contributed by atoms with Gasteiger partial charge in [-0.3, -0.25) is 14.6 Å². The van der Waals surface area contributed by atoms with Crippen molar-refractivity contribution in [3.63, 3.8) is 0 Å². The summed E-state index contributed by atoms with van der Waals surface area (Å²) in [6.07, 6.45) is 3.10. The molecule has 1 aromatic heterocycles. The predicted molar refractivity (Wildman–Crippen MR) is 115 cm³/mol. The maximum absolute atomic E-state index is 12.6. The second-order valence-corrected chi connectivity index (χ2v) is 6.22. The normalized spacial score (nSPS) is 10.2. The molecule has 0 aliphatic carbocycles. The molecule has 7 heteroatoms. The fourth-order valence-electron chi connectivity index (χ4n) is 2.79. The van der Waals surface area contributed by atoms with Gasteiger partial charge in [-0.25, -0.2) is 0 Å². The first-order valence-electron chi connectivity index (χ1n) is 9.63. The summed E-state index contributed by atoms with van der Waals surface area (Å²) >= 11 is 0. The van der Waals surface area contributed by atoms with Crippen molar-refractivity contribution in [3.05, 3.63) is 78.1 Å². The van der Waals surface area contributed by atoms with Gasteiger partial charge in [0.2, 0.25) is 0 Å². The van der Waals surface area contributed by atoms with Gasteiger partial charge < -0.3 is 20.1 Å². The maximum Gasteiger partial charge on any atom is 0.255 e. The van der Waals surface area contributed by atoms with E-state index in [-0.39, 0.29) is 11.8 Å². The average molecular weight is 405 g/mol. The van der Waals surface area contributed by atoms with Crippen molar-refractivity contribution in [3.8, 4) is 11.5 Å². The lowest BCUT2D eigenvalue weighted by Gasteiger charge is -2.18. The molecule has 0 atom stereocenters. The lowest BCUT2D eigenvalue weighted by atomic mass is 10.2. The minimum Gasteiger partial charge on any atom is -0.492 e. The number of hydrogen-bond donors (Lipinski definition) is 2. The Morgan fingerprint density at radius 1 is 0.767 bits per heavy atom. The third-order valence-corrected chi connectivity index (χ3v) is 4.16. The summed E-state index contributed by atoms with van der Waals surface area (Å²) in [7, 11) is 0. The van der Waals surface area contributed by atoms with E-state index < -0.39 is 0 Å². The molecule has 0 unspecified atom stereocenters. The lowest BCUT2D eigenvalue weighted by molar-refractivity contribution is 0.101. The second-order valence-electron chi connectivity index (χ2n) is 6.22. The highest BCUT2D eigenvalue weighted by molar-refractivity contribution is 6.07. The largest absolute Gasteiger partial charge is 0.492 e. The number of hydrogen-bond acceptors (Lipinski definition) is 5. The second kappa shape index (κ2) is 10.1. The number of rotatable bonds is 8. The van der Waals surface area contributed by atoms with E-state index in [1.807, 2.05) is 19.9 Å². The fraction of sp³-hybridized carbons (Fsp3) is 0.174. The fourth-order valence-corrected chi connectivity index (χ4v) is 2.79. The summed E-state index contributed by atoms with van der Waals surface area (Å²) in [5.41, 5.74) is 1.88. The molecule has 0 fully saturated rings. The van der Waals surface area contributed by atoms with Gasteiger partial charge in [0.25, 0.3) is 11.8 Å². The van der Waals surface area contributed by atoms with Crippen LogP contribution in [0.2, 0.25) is 0 Å². The first kappa shape index (κ1) is 20.9. The van der Waals surface area contributed by atoms with Crippen LogP contribution in [0.1, 0.15) is 34.6 Å². The standard InChI is InChI=1S/C23H23N3O4/c1-3-29-20-15-19(26-23(28)17-10-12-24-13-11-17)21(30-4-2)14-18(20)25-22(27)16-8-6-5-7-9-16/h5-15H,3-4H2,1-2H3,(H,25,27)(H,26,28). The zero-order valence-corrected chi connectivity index (χ0v) is 16.8. The Kier molecular flexibility index (Phi) is 7.00. The molecule has 2 N–H and O–H groups in total. The third kappa shape index (κ3) is 5.14. The molecule has 0 spiro atoms. The van der Waals surface area contributed by atoms with E-state index in [0.717, 1.165) is 0 Å². The van der Waals surface area contributed by atoms with E-state index in [1.165, 1.54) is 0 Å². The summed E-state index contributed by atoms with van der Waals surface area (Å²) in [4.78, 5) is 29.1. The summed E-state index contributed by atoms with van der Waals surface area (Å²) < 4.78 is 11.4. The number of ether oxygens (including phenoxy) is 2. The summed E-state index contributed by atoms with van der Waals surface area (Å²) in [5.74, 6) is 0.274. The van der Waals surface area contributed by atoms with E-state index >= 15 is 0 Å². The predicted octanol–water partition coefficient (Wildman–Crippen LogP) is 4.38. The van der Waals surface area contributed by atoms with Crippen molar-refractivity contribution in [1.82, 2.24) is 4.98 Å². The molecule has 3 rings (SSSR count). The van der Waals surface area contributed by atoms with Crippen LogP contribution < -0.4 is 20.1 Å². The molecule has 0 saturated carbocycles. The highest BCUT2D eigenvalue weighted by atomic mass is 16.5. The van der Waals surface area contributed by atoms with Gasteiger partial charge in [0.1, 0.15) is 11.5 Å². The molecule has 0 aliphatic heterocycles. The van der Waals surface area contributed by atoms with E-state index in [9.17, 15) is 9.59 Å². The Hall–Kier alpha value is -3.87. The van der Waals surface area contributed by atoms with Crippen LogP contribution in [0, 0.1) is 0 Å². The topological polar surface area (TPSA) is 89.6 Å². The number of anilines is 2. The number of aromatic nitrogens is 1. The molecule has 0 bridgehead atoms. The molecular formula is C23H23N3O4. The highest BCUT2D eigenvalue weighted by Crippen LogP contribution is 2.37. The Labute approximate surface area is 175 Å². The van der Waals surface area contributed by atoms with E-state index in [2.05, 4.69) is 15.6 Å². The van der Waals surface area contributed by atoms with Gasteiger partial charge in [-0.15, -0.1) is 0 Å². The minimum absolute atomic E-state index is 0.271. The van der Waals surface area contributed by atoms with Crippen LogP contribution in [0.15, 0.2) is 67.0 Å². The molecule has 2 aromatic carbocycles. The average Bonchev–Trinajstić information content (AvgIpc) is 2.78. The summed E-state index contributed by atoms with van der Waals surface area (Å²) in [6.45, 7) is 4.46. The van der Waals surface area contributed by atoms with Gasteiger partial charge in [0.15, 0.2) is 0 Å². The molecule has 0 aliphatic rings. The van der Waals surface area contributed by atoms with Crippen molar-refractivity contribution in [2.45, 2.75) is 13.8 Å². The smallest absolute Gasteiger partial charge is 0.255 e. The number of nitrogens with zero attached hydrogens (tertiary/aromatic N) is 1. The third-order valence-electron chi connectivity index (χ3n) is 4.16. The highest BCUT2D eigenvalue weighted by Gasteiger charge is 2.17. The van der Waals surface area contributed by atoms with Crippen molar-refractivity contribution in [2.24, 2.45) is 0 Å². The van der Waals surface area contributed by atoms with E-state index in [0.29, 0.717) is 47.2 Å². The Balaban J connectivity index is 1.92. The van der Waals surface area contributed by atoms with Crippen LogP contribution in [-0.2, 0) is 0 Å². The number of carbonyl (C=O) groups is 2. The molecule has 3 aromatic rings. The number of benzene rings is 2. The first-order chi connectivity index (χ1) is 14.6. The van der Waals surface area contributed by atoms with Gasteiger partial charge >= 0.3 is 0 Å². The van der Waals surface area contributed by atoms with Gasteiger partial charge in [0, 0.05) is 35.7 Å². The van der Waals surface area contributed by atoms with Crippen LogP contribution in [0.4, 0.5) is 11.4 Å². The van der Waals surface area contributed by atoms with Crippen LogP contribution in [0.25, 0.3) is 0 Å². The van der Waals surface area contributed by atoms with Gasteiger partial charge in [-0.1, -0.05) is 18.2 Å². The SMILES string of the molecule is CCOc1cc(NC(=O)c2ccncc2)c(OCC)cc1NC(=O)c1ccccc1. The van der Waals surface area contributed by atoms with Crippen molar-refractivity contribution < 1.29 is 19.1 Å². The van der Waals surface area contributed by atoms with Gasteiger partial charge in [-0.2, -0.15) is 0 Å². The van der Waals surface area contributed by atoms with Crippen LogP contribution in [-0.4, -0.2) is 30.0 Å². The molecule has 154 valence electrons. The Morgan fingerprint density at radius 3 is 1.70 bits per heavy atom. The zero-order chi connectivity index (χ0) is 21.3. The molecule has 2 amide bonds. The zero-order valence-electron chi connectivity index (χ0n) is 16.8. The number of amides is 2.